The molecule has 8 heteroatoms. The molecule has 7 nitrogen and oxygen atoms in total. The average Bonchev–Trinajstić information content (AvgIpc) is 3.12. The van der Waals surface area contributed by atoms with Crippen molar-refractivity contribution in [2.75, 3.05) is 5.43 Å². The normalized spacial score (nSPS) is 11.0. The summed E-state index contributed by atoms with van der Waals surface area (Å²) < 4.78 is 21.0. The molecule has 3 aromatic carbocycles. The van der Waals surface area contributed by atoms with Crippen molar-refractivity contribution in [3.05, 3.63) is 117 Å². The van der Waals surface area contributed by atoms with Gasteiger partial charge in [0, 0.05) is 34.8 Å². The fraction of sp³-hybridized carbons (Fsp3) is 0.115. The van der Waals surface area contributed by atoms with Crippen LogP contribution in [0.1, 0.15) is 22.5 Å². The third kappa shape index (κ3) is 5.29. The highest BCUT2D eigenvalue weighted by atomic mass is 19.1. The number of hydrogen-bond donors (Lipinski definition) is 1. The molecule has 1 N–H and O–H groups in total. The molecule has 0 bridgehead atoms. The Morgan fingerprint density at radius 1 is 1.03 bits per heavy atom. The second-order valence-corrected chi connectivity index (χ2v) is 7.74. The molecule has 1 aromatic heterocycles. The van der Waals surface area contributed by atoms with Gasteiger partial charge in [0.05, 0.1) is 16.8 Å². The van der Waals surface area contributed by atoms with E-state index in [1.807, 2.05) is 44.2 Å². The number of aryl methyl sites for hydroxylation is 1. The summed E-state index contributed by atoms with van der Waals surface area (Å²) in [5, 5.41) is 15.0. The number of aromatic nitrogens is 1. The number of nitrogens with one attached hydrogen (secondary N) is 1. The fourth-order valence-corrected chi connectivity index (χ4v) is 3.59. The van der Waals surface area contributed by atoms with E-state index in [-0.39, 0.29) is 11.5 Å². The first-order valence-electron chi connectivity index (χ1n) is 10.6. The van der Waals surface area contributed by atoms with Crippen molar-refractivity contribution < 1.29 is 14.1 Å². The minimum Gasteiger partial charge on any atom is -0.489 e. The van der Waals surface area contributed by atoms with Crippen molar-refractivity contribution in [2.45, 2.75) is 20.5 Å². The van der Waals surface area contributed by atoms with Crippen molar-refractivity contribution in [2.24, 2.45) is 5.10 Å². The van der Waals surface area contributed by atoms with Crippen LogP contribution in [0.5, 0.6) is 5.75 Å². The molecule has 0 atom stereocenters. The van der Waals surface area contributed by atoms with Gasteiger partial charge >= 0.3 is 0 Å². The summed E-state index contributed by atoms with van der Waals surface area (Å²) in [5.41, 5.74) is 8.49. The van der Waals surface area contributed by atoms with Crippen molar-refractivity contribution in [1.29, 1.82) is 0 Å². The molecule has 0 unspecified atom stereocenters. The zero-order valence-electron chi connectivity index (χ0n) is 18.7. The number of nitro benzene ring substituents is 1. The molecule has 0 saturated carbocycles. The Bertz CT molecular complexity index is 1310. The van der Waals surface area contributed by atoms with Crippen LogP contribution in [0.4, 0.5) is 15.8 Å². The van der Waals surface area contributed by atoms with E-state index in [4.69, 9.17) is 4.74 Å². The number of rotatable bonds is 8. The first kappa shape index (κ1) is 22.7. The number of benzene rings is 3. The zero-order valence-corrected chi connectivity index (χ0v) is 18.7. The minimum atomic E-state index is -0.438. The molecule has 172 valence electrons. The molecule has 0 amide bonds. The molecule has 0 fully saturated rings. The van der Waals surface area contributed by atoms with Gasteiger partial charge in [0.15, 0.2) is 0 Å². The van der Waals surface area contributed by atoms with Gasteiger partial charge in [-0.2, -0.15) is 5.10 Å². The van der Waals surface area contributed by atoms with E-state index in [9.17, 15) is 14.5 Å². The third-order valence-electron chi connectivity index (χ3n) is 5.36. The van der Waals surface area contributed by atoms with E-state index in [0.29, 0.717) is 12.3 Å². The number of non-ortho nitro benzene ring substituents is 1. The maximum Gasteiger partial charge on any atom is 0.269 e. The maximum absolute atomic E-state index is 13.0. The molecule has 0 spiro atoms. The summed E-state index contributed by atoms with van der Waals surface area (Å²) in [6, 6.07) is 22.1. The van der Waals surface area contributed by atoms with Crippen molar-refractivity contribution >= 4 is 17.6 Å². The zero-order chi connectivity index (χ0) is 24.1. The van der Waals surface area contributed by atoms with Gasteiger partial charge in [-0.05, 0) is 74.0 Å². The van der Waals surface area contributed by atoms with Crippen molar-refractivity contribution in [3.8, 4) is 11.4 Å². The Balaban J connectivity index is 1.42. The van der Waals surface area contributed by atoms with Crippen LogP contribution < -0.4 is 10.2 Å². The Hall–Kier alpha value is -4.46. The predicted octanol–water partition coefficient (Wildman–Crippen LogP) is 6.17. The van der Waals surface area contributed by atoms with Crippen LogP contribution in [0.2, 0.25) is 0 Å². The van der Waals surface area contributed by atoms with Gasteiger partial charge < -0.3 is 9.30 Å². The van der Waals surface area contributed by atoms with E-state index < -0.39 is 4.92 Å². The summed E-state index contributed by atoms with van der Waals surface area (Å²) in [5.74, 6) is 0.460. The number of halogens is 1. The molecular weight excluding hydrogens is 435 g/mol. The SMILES string of the molecule is Cc1cc(/C=N/Nc2ccc([N+](=O)[O-])cc2)c(C)n1-c1ccc(OCc2ccc(F)cc2)cc1. The van der Waals surface area contributed by atoms with Gasteiger partial charge in [-0.1, -0.05) is 12.1 Å². The largest absolute Gasteiger partial charge is 0.489 e. The minimum absolute atomic E-state index is 0.0324. The molecule has 4 rings (SSSR count). The van der Waals surface area contributed by atoms with Gasteiger partial charge in [0.2, 0.25) is 0 Å². The number of anilines is 1. The molecule has 0 aliphatic carbocycles. The van der Waals surface area contributed by atoms with Gasteiger partial charge in [0.25, 0.3) is 5.69 Å². The lowest BCUT2D eigenvalue weighted by Gasteiger charge is -2.11. The molecule has 0 aliphatic heterocycles. The van der Waals surface area contributed by atoms with Crippen LogP contribution in [-0.4, -0.2) is 15.7 Å². The number of hydrazone groups is 1. The van der Waals surface area contributed by atoms with Crippen LogP contribution >= 0.6 is 0 Å². The fourth-order valence-electron chi connectivity index (χ4n) is 3.59. The quantitative estimate of drug-likeness (QED) is 0.195. The highest BCUT2D eigenvalue weighted by Gasteiger charge is 2.10. The number of nitro groups is 1. The van der Waals surface area contributed by atoms with Crippen LogP contribution in [0.15, 0.2) is 84.0 Å². The van der Waals surface area contributed by atoms with E-state index in [1.54, 1.807) is 30.5 Å². The monoisotopic (exact) mass is 458 g/mol. The maximum atomic E-state index is 13.0. The third-order valence-corrected chi connectivity index (χ3v) is 5.36. The Morgan fingerprint density at radius 2 is 1.71 bits per heavy atom. The van der Waals surface area contributed by atoms with Gasteiger partial charge in [0.1, 0.15) is 18.2 Å². The van der Waals surface area contributed by atoms with Crippen LogP contribution in [0.25, 0.3) is 5.69 Å². The number of ether oxygens (including phenoxy) is 1. The van der Waals surface area contributed by atoms with E-state index in [0.717, 1.165) is 34.0 Å². The summed E-state index contributed by atoms with van der Waals surface area (Å²) in [6.07, 6.45) is 1.72. The van der Waals surface area contributed by atoms with Crippen LogP contribution in [0, 0.1) is 29.8 Å². The predicted molar refractivity (Wildman–Crippen MR) is 130 cm³/mol. The van der Waals surface area contributed by atoms with Crippen molar-refractivity contribution in [1.82, 2.24) is 4.57 Å². The average molecular weight is 458 g/mol. The summed E-state index contributed by atoms with van der Waals surface area (Å²) in [7, 11) is 0. The first-order chi connectivity index (χ1) is 16.4. The summed E-state index contributed by atoms with van der Waals surface area (Å²) in [6.45, 7) is 4.40. The molecule has 1 heterocycles. The number of nitrogens with zero attached hydrogens (tertiary/aromatic N) is 3. The first-order valence-corrected chi connectivity index (χ1v) is 10.6. The van der Waals surface area contributed by atoms with Crippen molar-refractivity contribution in [3.63, 3.8) is 0 Å². The lowest BCUT2D eigenvalue weighted by Crippen LogP contribution is -2.00. The van der Waals surface area contributed by atoms with Gasteiger partial charge in [-0.3, -0.25) is 15.5 Å². The smallest absolute Gasteiger partial charge is 0.269 e. The topological polar surface area (TPSA) is 81.7 Å². The van der Waals surface area contributed by atoms with Gasteiger partial charge in [-0.25, -0.2) is 4.39 Å². The Kier molecular flexibility index (Phi) is 6.68. The molecule has 34 heavy (non-hydrogen) atoms. The molecule has 0 aliphatic rings. The molecule has 4 aromatic rings. The lowest BCUT2D eigenvalue weighted by molar-refractivity contribution is -0.384. The second-order valence-electron chi connectivity index (χ2n) is 7.74. The highest BCUT2D eigenvalue weighted by molar-refractivity contribution is 5.82. The summed E-state index contributed by atoms with van der Waals surface area (Å²) in [4.78, 5) is 10.3. The van der Waals surface area contributed by atoms with Crippen LogP contribution in [0.3, 0.4) is 0 Å². The standard InChI is InChI=1S/C26H23FN4O3/c1-18-15-21(16-28-29-23-7-9-25(10-8-23)31(32)33)19(2)30(18)24-11-13-26(14-12-24)34-17-20-3-5-22(27)6-4-20/h3-16,29H,17H2,1-2H3/b28-16+. The highest BCUT2D eigenvalue weighted by Crippen LogP contribution is 2.23. The Morgan fingerprint density at radius 3 is 2.35 bits per heavy atom. The number of hydrogen-bond acceptors (Lipinski definition) is 5. The molecule has 0 radical (unpaired) electrons. The van der Waals surface area contributed by atoms with E-state index in [2.05, 4.69) is 15.1 Å². The van der Waals surface area contributed by atoms with Gasteiger partial charge in [-0.15, -0.1) is 0 Å². The van der Waals surface area contributed by atoms with E-state index in [1.165, 1.54) is 24.3 Å². The molecular formula is C26H23FN4O3. The second kappa shape index (κ2) is 9.99. The van der Waals surface area contributed by atoms with E-state index >= 15 is 0 Å². The Labute approximate surface area is 196 Å². The molecule has 0 saturated heterocycles. The lowest BCUT2D eigenvalue weighted by atomic mass is 10.2. The summed E-state index contributed by atoms with van der Waals surface area (Å²) >= 11 is 0. The van der Waals surface area contributed by atoms with Crippen LogP contribution in [-0.2, 0) is 6.61 Å².